The van der Waals surface area contributed by atoms with Crippen LogP contribution in [0, 0.1) is 0 Å². The predicted molar refractivity (Wildman–Crippen MR) is 52.5 cm³/mol. The van der Waals surface area contributed by atoms with Gasteiger partial charge in [-0.05, 0) is 17.7 Å². The largest absolute Gasteiger partial charge is 0.477 e. The van der Waals surface area contributed by atoms with E-state index >= 15 is 0 Å². The number of nitrogens with zero attached hydrogens (tertiary/aromatic N) is 2. The van der Waals surface area contributed by atoms with Gasteiger partial charge in [0.25, 0.3) is 0 Å². The lowest BCUT2D eigenvalue weighted by molar-refractivity contribution is 0.0690. The first kappa shape index (κ1) is 8.74. The smallest absolute Gasteiger partial charge is 0.354 e. The minimum atomic E-state index is -0.994. The van der Waals surface area contributed by atoms with E-state index < -0.39 is 5.97 Å². The lowest BCUT2D eigenvalue weighted by atomic mass is 10.1. The Balaban J connectivity index is 2.22. The zero-order chi connectivity index (χ0) is 10.1. The average Bonchev–Trinajstić information content (AvgIpc) is 2.13. The van der Waals surface area contributed by atoms with Crippen molar-refractivity contribution < 1.29 is 9.90 Å². The molecule has 0 aromatic carbocycles. The third-order valence-electron chi connectivity index (χ3n) is 2.16. The number of hydrogen-bond acceptors (Lipinski definition) is 3. The third-order valence-corrected chi connectivity index (χ3v) is 2.16. The molecule has 2 rings (SSSR count). The van der Waals surface area contributed by atoms with Crippen molar-refractivity contribution in [3.63, 3.8) is 0 Å². The van der Waals surface area contributed by atoms with Crippen molar-refractivity contribution in [2.45, 2.75) is 0 Å². The number of carboxylic acids is 1. The van der Waals surface area contributed by atoms with E-state index in [0.29, 0.717) is 0 Å². The minimum Gasteiger partial charge on any atom is -0.477 e. The first-order valence-electron chi connectivity index (χ1n) is 4.28. The molecule has 1 aliphatic heterocycles. The molecule has 0 bridgehead atoms. The summed E-state index contributed by atoms with van der Waals surface area (Å²) in [5, 5.41) is 8.74. The maximum atomic E-state index is 10.6. The standard InChI is InChI=1S/C10H10N2O2/c1-7-5-12(6-7)8-2-3-11-9(4-8)10(13)14/h2-4H,1,5-6H2,(H,13,14). The molecule has 1 N–H and O–H groups in total. The molecule has 0 saturated carbocycles. The summed E-state index contributed by atoms with van der Waals surface area (Å²) in [6.45, 7) is 5.44. The third kappa shape index (κ3) is 1.46. The molecule has 0 aliphatic carbocycles. The Morgan fingerprint density at radius 1 is 1.57 bits per heavy atom. The first-order chi connectivity index (χ1) is 6.66. The fraction of sp³-hybridized carbons (Fsp3) is 0.200. The van der Waals surface area contributed by atoms with Crippen LogP contribution < -0.4 is 4.90 Å². The maximum absolute atomic E-state index is 10.6. The minimum absolute atomic E-state index is 0.0833. The Morgan fingerprint density at radius 3 is 2.86 bits per heavy atom. The molecule has 1 fully saturated rings. The molecule has 14 heavy (non-hydrogen) atoms. The van der Waals surface area contributed by atoms with Gasteiger partial charge in [0, 0.05) is 25.0 Å². The molecule has 1 aliphatic rings. The van der Waals surface area contributed by atoms with Gasteiger partial charge in [0.2, 0.25) is 0 Å². The summed E-state index contributed by atoms with van der Waals surface area (Å²) in [5.74, 6) is -0.994. The summed E-state index contributed by atoms with van der Waals surface area (Å²) in [5.41, 5.74) is 2.14. The summed E-state index contributed by atoms with van der Waals surface area (Å²) in [6, 6.07) is 3.38. The number of anilines is 1. The van der Waals surface area contributed by atoms with Gasteiger partial charge in [-0.15, -0.1) is 0 Å². The van der Waals surface area contributed by atoms with E-state index in [0.717, 1.165) is 18.8 Å². The second-order valence-corrected chi connectivity index (χ2v) is 3.31. The first-order valence-corrected chi connectivity index (χ1v) is 4.28. The van der Waals surface area contributed by atoms with Gasteiger partial charge in [0.05, 0.1) is 0 Å². The second-order valence-electron chi connectivity index (χ2n) is 3.31. The van der Waals surface area contributed by atoms with Gasteiger partial charge >= 0.3 is 5.97 Å². The van der Waals surface area contributed by atoms with Gasteiger partial charge in [-0.2, -0.15) is 0 Å². The van der Waals surface area contributed by atoms with Crippen molar-refractivity contribution in [3.8, 4) is 0 Å². The van der Waals surface area contributed by atoms with E-state index in [1.807, 2.05) is 0 Å². The summed E-state index contributed by atoms with van der Waals surface area (Å²) in [6.07, 6.45) is 1.51. The van der Waals surface area contributed by atoms with Gasteiger partial charge in [0.1, 0.15) is 5.69 Å². The van der Waals surface area contributed by atoms with Crippen LogP contribution in [-0.4, -0.2) is 29.1 Å². The van der Waals surface area contributed by atoms with Crippen molar-refractivity contribution in [3.05, 3.63) is 36.2 Å². The van der Waals surface area contributed by atoms with E-state index in [1.54, 1.807) is 12.1 Å². The van der Waals surface area contributed by atoms with E-state index in [-0.39, 0.29) is 5.69 Å². The molecule has 0 spiro atoms. The topological polar surface area (TPSA) is 53.4 Å². The molecule has 2 heterocycles. The average molecular weight is 190 g/mol. The van der Waals surface area contributed by atoms with Gasteiger partial charge in [0.15, 0.2) is 0 Å². The van der Waals surface area contributed by atoms with Crippen molar-refractivity contribution in [1.82, 2.24) is 4.98 Å². The molecule has 1 aromatic heterocycles. The lowest BCUT2D eigenvalue weighted by Crippen LogP contribution is -2.39. The zero-order valence-electron chi connectivity index (χ0n) is 7.60. The van der Waals surface area contributed by atoms with Gasteiger partial charge in [-0.3, -0.25) is 0 Å². The van der Waals surface area contributed by atoms with Crippen LogP contribution in [0.15, 0.2) is 30.5 Å². The van der Waals surface area contributed by atoms with Gasteiger partial charge < -0.3 is 10.0 Å². The number of hydrogen-bond donors (Lipinski definition) is 1. The lowest BCUT2D eigenvalue weighted by Gasteiger charge is -2.35. The number of pyridine rings is 1. The van der Waals surface area contributed by atoms with Crippen molar-refractivity contribution in [2.24, 2.45) is 0 Å². The van der Waals surface area contributed by atoms with Crippen LogP contribution in [0.25, 0.3) is 0 Å². The molecule has 72 valence electrons. The molecular weight excluding hydrogens is 180 g/mol. The zero-order valence-corrected chi connectivity index (χ0v) is 7.60. The van der Waals surface area contributed by atoms with E-state index in [2.05, 4.69) is 16.5 Å². The molecule has 0 atom stereocenters. The molecule has 1 saturated heterocycles. The molecule has 0 amide bonds. The summed E-state index contributed by atoms with van der Waals surface area (Å²) < 4.78 is 0. The molecule has 0 unspecified atom stereocenters. The Labute approximate surface area is 81.5 Å². The Hall–Kier alpha value is -1.84. The quantitative estimate of drug-likeness (QED) is 0.711. The van der Waals surface area contributed by atoms with E-state index in [1.165, 1.54) is 11.8 Å². The van der Waals surface area contributed by atoms with Crippen LogP contribution in [0.3, 0.4) is 0 Å². The summed E-state index contributed by atoms with van der Waals surface area (Å²) in [7, 11) is 0. The molecule has 4 nitrogen and oxygen atoms in total. The monoisotopic (exact) mass is 190 g/mol. The van der Waals surface area contributed by atoms with Gasteiger partial charge in [-0.1, -0.05) is 6.58 Å². The van der Waals surface area contributed by atoms with Crippen molar-refractivity contribution in [2.75, 3.05) is 18.0 Å². The molecule has 1 aromatic rings. The number of rotatable bonds is 2. The number of carboxylic acid groups (broad SMARTS) is 1. The second kappa shape index (κ2) is 3.14. The number of aromatic carboxylic acids is 1. The molecule has 0 radical (unpaired) electrons. The summed E-state index contributed by atoms with van der Waals surface area (Å²) >= 11 is 0. The maximum Gasteiger partial charge on any atom is 0.354 e. The Kier molecular flexibility index (Phi) is 1.96. The number of aromatic nitrogens is 1. The van der Waals surface area contributed by atoms with Crippen LogP contribution in [0.5, 0.6) is 0 Å². The van der Waals surface area contributed by atoms with Crippen LogP contribution >= 0.6 is 0 Å². The normalized spacial score (nSPS) is 15.1. The van der Waals surface area contributed by atoms with Crippen LogP contribution in [0.4, 0.5) is 5.69 Å². The predicted octanol–water partition coefficient (Wildman–Crippen LogP) is 1.16. The highest BCUT2D eigenvalue weighted by Crippen LogP contribution is 2.22. The van der Waals surface area contributed by atoms with E-state index in [9.17, 15) is 4.79 Å². The molecular formula is C10H10N2O2. The Bertz CT molecular complexity index is 393. The van der Waals surface area contributed by atoms with Crippen LogP contribution in [0.1, 0.15) is 10.5 Å². The van der Waals surface area contributed by atoms with E-state index in [4.69, 9.17) is 5.11 Å². The fourth-order valence-electron chi connectivity index (χ4n) is 1.41. The highest BCUT2D eigenvalue weighted by molar-refractivity contribution is 5.86. The fourth-order valence-corrected chi connectivity index (χ4v) is 1.41. The molecule has 4 heteroatoms. The highest BCUT2D eigenvalue weighted by Gasteiger charge is 2.19. The highest BCUT2D eigenvalue weighted by atomic mass is 16.4. The van der Waals surface area contributed by atoms with Crippen molar-refractivity contribution >= 4 is 11.7 Å². The van der Waals surface area contributed by atoms with Crippen LogP contribution in [0.2, 0.25) is 0 Å². The Morgan fingerprint density at radius 2 is 2.29 bits per heavy atom. The van der Waals surface area contributed by atoms with Crippen LogP contribution in [-0.2, 0) is 0 Å². The number of carbonyl (C=O) groups is 1. The summed E-state index contributed by atoms with van der Waals surface area (Å²) in [4.78, 5) is 16.4. The van der Waals surface area contributed by atoms with Crippen molar-refractivity contribution in [1.29, 1.82) is 0 Å². The SMILES string of the molecule is C=C1CN(c2ccnc(C(=O)O)c2)C1. The van der Waals surface area contributed by atoms with Gasteiger partial charge in [-0.25, -0.2) is 9.78 Å².